The van der Waals surface area contributed by atoms with Gasteiger partial charge in [0.15, 0.2) is 6.29 Å². The van der Waals surface area contributed by atoms with Crippen LogP contribution in [0.15, 0.2) is 30.3 Å². The van der Waals surface area contributed by atoms with E-state index in [0.29, 0.717) is 19.8 Å². The van der Waals surface area contributed by atoms with Gasteiger partial charge in [-0.2, -0.15) is 0 Å². The van der Waals surface area contributed by atoms with Crippen molar-refractivity contribution in [1.82, 2.24) is 5.32 Å². The van der Waals surface area contributed by atoms with E-state index in [1.54, 1.807) is 0 Å². The molecule has 0 spiro atoms. The van der Waals surface area contributed by atoms with Gasteiger partial charge in [-0.25, -0.2) is 0 Å². The number of aliphatic hydroxyl groups is 1. The molecule has 1 aliphatic rings. The molecule has 4 heteroatoms. The zero-order chi connectivity index (χ0) is 11.2. The third kappa shape index (κ3) is 3.02. The molecule has 0 saturated carbocycles. The predicted molar refractivity (Wildman–Crippen MR) is 60.0 cm³/mol. The summed E-state index contributed by atoms with van der Waals surface area (Å²) < 4.78 is 10.6. The minimum absolute atomic E-state index is 0.0611. The van der Waals surface area contributed by atoms with E-state index in [1.807, 2.05) is 30.3 Å². The lowest BCUT2D eigenvalue weighted by Crippen LogP contribution is -2.32. The molecule has 0 unspecified atom stereocenters. The van der Waals surface area contributed by atoms with Gasteiger partial charge < -0.3 is 19.9 Å². The van der Waals surface area contributed by atoms with E-state index in [4.69, 9.17) is 9.47 Å². The zero-order valence-corrected chi connectivity index (χ0v) is 9.13. The molecule has 2 rings (SSSR count). The van der Waals surface area contributed by atoms with Crippen LogP contribution in [-0.4, -0.2) is 37.8 Å². The quantitative estimate of drug-likeness (QED) is 0.771. The molecule has 4 nitrogen and oxygen atoms in total. The maximum absolute atomic E-state index is 9.31. The summed E-state index contributed by atoms with van der Waals surface area (Å²) in [5.74, 6) is 0. The van der Waals surface area contributed by atoms with Crippen LogP contribution in [0.3, 0.4) is 0 Å². The maximum Gasteiger partial charge on any atom is 0.170 e. The van der Waals surface area contributed by atoms with Crippen LogP contribution in [0.2, 0.25) is 0 Å². The van der Waals surface area contributed by atoms with Crippen molar-refractivity contribution in [1.29, 1.82) is 0 Å². The highest BCUT2D eigenvalue weighted by molar-refractivity contribution is 5.18. The summed E-state index contributed by atoms with van der Waals surface area (Å²) >= 11 is 0. The molecular weight excluding hydrogens is 206 g/mol. The van der Waals surface area contributed by atoms with Crippen molar-refractivity contribution in [2.75, 3.05) is 26.4 Å². The molecule has 16 heavy (non-hydrogen) atoms. The third-order valence-electron chi connectivity index (χ3n) is 2.61. The van der Waals surface area contributed by atoms with Gasteiger partial charge in [-0.3, -0.25) is 0 Å². The van der Waals surface area contributed by atoms with Gasteiger partial charge >= 0.3 is 0 Å². The fourth-order valence-corrected chi connectivity index (χ4v) is 1.74. The van der Waals surface area contributed by atoms with Gasteiger partial charge in [-0.05, 0) is 5.56 Å². The van der Waals surface area contributed by atoms with Crippen LogP contribution in [0.1, 0.15) is 11.6 Å². The predicted octanol–water partition coefficient (Wildman–Crippen LogP) is 0.682. The number of benzene rings is 1. The highest BCUT2D eigenvalue weighted by Crippen LogP contribution is 2.12. The fourth-order valence-electron chi connectivity index (χ4n) is 1.74. The van der Waals surface area contributed by atoms with E-state index < -0.39 is 0 Å². The molecule has 1 aromatic rings. The van der Waals surface area contributed by atoms with Crippen LogP contribution >= 0.6 is 0 Å². The van der Waals surface area contributed by atoms with Crippen molar-refractivity contribution >= 4 is 0 Å². The average molecular weight is 223 g/mol. The molecule has 1 atom stereocenters. The van der Waals surface area contributed by atoms with Gasteiger partial charge in [-0.1, -0.05) is 30.3 Å². The van der Waals surface area contributed by atoms with Crippen LogP contribution in [0.25, 0.3) is 0 Å². The fraction of sp³-hybridized carbons (Fsp3) is 0.500. The highest BCUT2D eigenvalue weighted by Gasteiger charge is 2.18. The molecule has 1 heterocycles. The number of rotatable bonds is 5. The van der Waals surface area contributed by atoms with Crippen molar-refractivity contribution in [3.05, 3.63) is 35.9 Å². The molecule has 0 amide bonds. The topological polar surface area (TPSA) is 50.7 Å². The minimum Gasteiger partial charge on any atom is -0.394 e. The molecule has 1 saturated heterocycles. The molecular formula is C12H17NO3. The molecule has 0 aliphatic carbocycles. The monoisotopic (exact) mass is 223 g/mol. The highest BCUT2D eigenvalue weighted by atomic mass is 16.7. The van der Waals surface area contributed by atoms with E-state index in [1.165, 1.54) is 0 Å². The lowest BCUT2D eigenvalue weighted by atomic mass is 10.1. The maximum atomic E-state index is 9.31. The number of ether oxygens (including phenoxy) is 2. The van der Waals surface area contributed by atoms with E-state index in [0.717, 1.165) is 5.56 Å². The van der Waals surface area contributed by atoms with Gasteiger partial charge in [0.25, 0.3) is 0 Å². The summed E-state index contributed by atoms with van der Waals surface area (Å²) in [4.78, 5) is 0. The van der Waals surface area contributed by atoms with Gasteiger partial charge in [-0.15, -0.1) is 0 Å². The Morgan fingerprint density at radius 2 is 1.94 bits per heavy atom. The summed E-state index contributed by atoms with van der Waals surface area (Å²) in [5, 5.41) is 12.5. The lowest BCUT2D eigenvalue weighted by molar-refractivity contribution is -0.0415. The smallest absolute Gasteiger partial charge is 0.170 e. The summed E-state index contributed by atoms with van der Waals surface area (Å²) in [6, 6.07) is 9.80. The standard InChI is InChI=1S/C12H17NO3/c14-9-11(10-4-2-1-3-5-10)13-8-12-15-6-7-16-12/h1-5,11-14H,6-9H2/t11-/m1/s1. The van der Waals surface area contributed by atoms with E-state index in [9.17, 15) is 5.11 Å². The second-order valence-corrected chi connectivity index (χ2v) is 3.73. The number of hydrogen-bond acceptors (Lipinski definition) is 4. The Bertz CT molecular complexity index is 298. The second kappa shape index (κ2) is 5.96. The molecule has 1 aliphatic heterocycles. The first-order valence-electron chi connectivity index (χ1n) is 5.52. The van der Waals surface area contributed by atoms with E-state index >= 15 is 0 Å². The molecule has 2 N–H and O–H groups in total. The second-order valence-electron chi connectivity index (χ2n) is 3.73. The van der Waals surface area contributed by atoms with Gasteiger partial charge in [0.1, 0.15) is 0 Å². The van der Waals surface area contributed by atoms with Crippen LogP contribution < -0.4 is 5.32 Å². The summed E-state index contributed by atoms with van der Waals surface area (Å²) in [5.41, 5.74) is 1.07. The largest absolute Gasteiger partial charge is 0.394 e. The Morgan fingerprint density at radius 3 is 2.56 bits per heavy atom. The van der Waals surface area contributed by atoms with E-state index in [-0.39, 0.29) is 18.9 Å². The molecule has 1 fully saturated rings. The van der Waals surface area contributed by atoms with Crippen molar-refractivity contribution < 1.29 is 14.6 Å². The summed E-state index contributed by atoms with van der Waals surface area (Å²) in [6.07, 6.45) is -0.183. The van der Waals surface area contributed by atoms with Crippen LogP contribution in [-0.2, 0) is 9.47 Å². The summed E-state index contributed by atoms with van der Waals surface area (Å²) in [7, 11) is 0. The molecule has 0 radical (unpaired) electrons. The molecule has 1 aromatic carbocycles. The normalized spacial score (nSPS) is 18.8. The zero-order valence-electron chi connectivity index (χ0n) is 9.13. The van der Waals surface area contributed by atoms with Crippen molar-refractivity contribution in [2.24, 2.45) is 0 Å². The summed E-state index contributed by atoms with van der Waals surface area (Å²) in [6.45, 7) is 1.97. The first-order valence-corrected chi connectivity index (χ1v) is 5.52. The van der Waals surface area contributed by atoms with E-state index in [2.05, 4.69) is 5.32 Å². The van der Waals surface area contributed by atoms with Gasteiger partial charge in [0.2, 0.25) is 0 Å². The van der Waals surface area contributed by atoms with Crippen molar-refractivity contribution in [3.8, 4) is 0 Å². The van der Waals surface area contributed by atoms with Gasteiger partial charge in [0, 0.05) is 6.54 Å². The Balaban J connectivity index is 1.85. The van der Waals surface area contributed by atoms with Gasteiger partial charge in [0.05, 0.1) is 25.9 Å². The number of nitrogens with one attached hydrogen (secondary N) is 1. The van der Waals surface area contributed by atoms with Crippen LogP contribution in [0.5, 0.6) is 0 Å². The lowest BCUT2D eigenvalue weighted by Gasteiger charge is -2.18. The van der Waals surface area contributed by atoms with Crippen LogP contribution in [0.4, 0.5) is 0 Å². The Hall–Kier alpha value is -0.940. The molecule has 88 valence electrons. The first-order chi connectivity index (χ1) is 7.90. The Labute approximate surface area is 95.2 Å². The van der Waals surface area contributed by atoms with Crippen LogP contribution in [0, 0.1) is 0 Å². The number of aliphatic hydroxyl groups excluding tert-OH is 1. The minimum atomic E-state index is -0.183. The first kappa shape index (κ1) is 11.5. The average Bonchev–Trinajstić information content (AvgIpc) is 2.84. The molecule has 0 bridgehead atoms. The third-order valence-corrected chi connectivity index (χ3v) is 2.61. The van der Waals surface area contributed by atoms with Crippen molar-refractivity contribution in [3.63, 3.8) is 0 Å². The SMILES string of the molecule is OC[C@@H](NCC1OCCO1)c1ccccc1. The number of hydrogen-bond donors (Lipinski definition) is 2. The van der Waals surface area contributed by atoms with Crippen molar-refractivity contribution in [2.45, 2.75) is 12.3 Å². The Kier molecular flexibility index (Phi) is 4.30. The Morgan fingerprint density at radius 1 is 1.25 bits per heavy atom. The molecule has 0 aromatic heterocycles.